The van der Waals surface area contributed by atoms with Crippen LogP contribution in [0.4, 0.5) is 5.69 Å². The first-order chi connectivity index (χ1) is 9.86. The molecule has 0 atom stereocenters. The van der Waals surface area contributed by atoms with Gasteiger partial charge in [-0.1, -0.05) is 18.2 Å². The number of nitrogens with two attached hydrogens (primary N) is 1. The van der Waals surface area contributed by atoms with E-state index < -0.39 is 15.3 Å². The molecule has 0 amide bonds. The molecule has 0 unspecified atom stereocenters. The van der Waals surface area contributed by atoms with E-state index >= 15 is 0 Å². The number of hydrogen-bond acceptors (Lipinski definition) is 5. The molecule has 0 aliphatic heterocycles. The molecule has 0 saturated heterocycles. The lowest BCUT2D eigenvalue weighted by Crippen LogP contribution is -2.24. The molecule has 2 N–H and O–H groups in total. The summed E-state index contributed by atoms with van der Waals surface area (Å²) < 4.78 is 29.1. The van der Waals surface area contributed by atoms with Gasteiger partial charge in [-0.15, -0.1) is 0 Å². The Hall–Kier alpha value is -1.56. The minimum absolute atomic E-state index is 0.0574. The summed E-state index contributed by atoms with van der Waals surface area (Å²) in [5.74, 6) is -0.221. The molecule has 1 aliphatic rings. The Kier molecular flexibility index (Phi) is 4.56. The normalized spacial score (nSPS) is 16.4. The molecule has 1 aliphatic carbocycles. The molecule has 6 heteroatoms. The topological polar surface area (TPSA) is 86.5 Å². The standard InChI is InChI=1S/C15H21NO4S/c1-20-14(17)10-15(7-8-15)11-21(18,19)9-6-12-4-2-3-5-13(12)16/h2-5H,6-11,16H2,1H3. The van der Waals surface area contributed by atoms with Gasteiger partial charge in [0, 0.05) is 5.69 Å². The number of aryl methyl sites for hydroxylation is 1. The second-order valence-electron chi connectivity index (χ2n) is 5.79. The van der Waals surface area contributed by atoms with Crippen molar-refractivity contribution in [2.24, 2.45) is 5.41 Å². The van der Waals surface area contributed by atoms with Gasteiger partial charge in [-0.25, -0.2) is 8.42 Å². The van der Waals surface area contributed by atoms with E-state index in [9.17, 15) is 13.2 Å². The highest BCUT2D eigenvalue weighted by molar-refractivity contribution is 7.91. The van der Waals surface area contributed by atoms with Crippen molar-refractivity contribution < 1.29 is 17.9 Å². The van der Waals surface area contributed by atoms with Gasteiger partial charge < -0.3 is 10.5 Å². The van der Waals surface area contributed by atoms with Crippen molar-refractivity contribution in [2.45, 2.75) is 25.7 Å². The van der Waals surface area contributed by atoms with Crippen molar-refractivity contribution in [2.75, 3.05) is 24.3 Å². The average molecular weight is 311 g/mol. The molecule has 5 nitrogen and oxygen atoms in total. The van der Waals surface area contributed by atoms with E-state index in [1.165, 1.54) is 7.11 Å². The van der Waals surface area contributed by atoms with Gasteiger partial charge in [0.05, 0.1) is 25.0 Å². The Morgan fingerprint density at radius 3 is 2.57 bits per heavy atom. The van der Waals surface area contributed by atoms with E-state index in [4.69, 9.17) is 5.73 Å². The summed E-state index contributed by atoms with van der Waals surface area (Å²) in [5, 5.41) is 0. The number of benzene rings is 1. The highest BCUT2D eigenvalue weighted by Gasteiger charge is 2.47. The van der Waals surface area contributed by atoms with Gasteiger partial charge in [0.15, 0.2) is 9.84 Å². The number of ether oxygens (including phenoxy) is 1. The summed E-state index contributed by atoms with van der Waals surface area (Å²) in [6.45, 7) is 0. The highest BCUT2D eigenvalue weighted by atomic mass is 32.2. The third-order valence-corrected chi connectivity index (χ3v) is 5.85. The number of carbonyl (C=O) groups is 1. The Bertz CT molecular complexity index is 620. The Morgan fingerprint density at radius 2 is 2.00 bits per heavy atom. The smallest absolute Gasteiger partial charge is 0.306 e. The van der Waals surface area contributed by atoms with E-state index in [2.05, 4.69) is 4.74 Å². The summed E-state index contributed by atoms with van der Waals surface area (Å²) in [6.07, 6.45) is 2.14. The molecular weight excluding hydrogens is 290 g/mol. The van der Waals surface area contributed by atoms with E-state index in [-0.39, 0.29) is 23.9 Å². The van der Waals surface area contributed by atoms with E-state index in [1.54, 1.807) is 6.07 Å². The van der Waals surface area contributed by atoms with Gasteiger partial charge in [-0.05, 0) is 36.3 Å². The zero-order valence-electron chi connectivity index (χ0n) is 12.2. The van der Waals surface area contributed by atoms with Gasteiger partial charge in [0.25, 0.3) is 0 Å². The van der Waals surface area contributed by atoms with Crippen LogP contribution in [0.15, 0.2) is 24.3 Å². The van der Waals surface area contributed by atoms with E-state index in [0.29, 0.717) is 12.1 Å². The fourth-order valence-corrected chi connectivity index (χ4v) is 4.49. The van der Waals surface area contributed by atoms with Crippen LogP contribution in [0.25, 0.3) is 0 Å². The molecule has 1 aromatic carbocycles. The predicted octanol–water partition coefficient (Wildman–Crippen LogP) is 1.57. The number of nitrogen functional groups attached to an aromatic ring is 1. The van der Waals surface area contributed by atoms with Gasteiger partial charge in [-0.3, -0.25) is 4.79 Å². The molecule has 0 aromatic heterocycles. The van der Waals surface area contributed by atoms with Crippen molar-refractivity contribution in [1.82, 2.24) is 0 Å². The van der Waals surface area contributed by atoms with Crippen molar-refractivity contribution in [1.29, 1.82) is 0 Å². The molecule has 116 valence electrons. The molecule has 0 spiro atoms. The number of sulfone groups is 1. The molecule has 1 saturated carbocycles. The van der Waals surface area contributed by atoms with Crippen LogP contribution in [0.5, 0.6) is 0 Å². The molecule has 1 fully saturated rings. The first kappa shape index (κ1) is 15.8. The number of para-hydroxylation sites is 1. The summed E-state index contributed by atoms with van der Waals surface area (Å²) in [7, 11) is -1.88. The number of methoxy groups -OCH3 is 1. The van der Waals surface area contributed by atoms with Crippen LogP contribution in [0.3, 0.4) is 0 Å². The van der Waals surface area contributed by atoms with E-state index in [1.807, 2.05) is 18.2 Å². The molecule has 2 rings (SSSR count). The second-order valence-corrected chi connectivity index (χ2v) is 7.98. The maximum absolute atomic E-state index is 12.2. The van der Waals surface area contributed by atoms with Crippen LogP contribution in [-0.4, -0.2) is 33.0 Å². The second kappa shape index (κ2) is 6.05. The Balaban J connectivity index is 1.94. The molecule has 0 radical (unpaired) electrons. The number of esters is 1. The van der Waals surface area contributed by atoms with Crippen LogP contribution >= 0.6 is 0 Å². The molecule has 0 heterocycles. The summed E-state index contributed by atoms with van der Waals surface area (Å²) in [4.78, 5) is 11.3. The first-order valence-electron chi connectivity index (χ1n) is 6.96. The minimum atomic E-state index is -3.21. The maximum atomic E-state index is 12.2. The van der Waals surface area contributed by atoms with Gasteiger partial charge in [-0.2, -0.15) is 0 Å². The minimum Gasteiger partial charge on any atom is -0.469 e. The molecule has 21 heavy (non-hydrogen) atoms. The average Bonchev–Trinajstić information content (AvgIpc) is 3.16. The summed E-state index contributed by atoms with van der Waals surface area (Å²) in [6, 6.07) is 7.27. The maximum Gasteiger partial charge on any atom is 0.306 e. The Labute approximate surface area is 125 Å². The lowest BCUT2D eigenvalue weighted by molar-refractivity contribution is -0.141. The molecular formula is C15H21NO4S. The number of carbonyl (C=O) groups excluding carboxylic acids is 1. The Morgan fingerprint density at radius 1 is 1.33 bits per heavy atom. The van der Waals surface area contributed by atoms with Crippen LogP contribution in [0.2, 0.25) is 0 Å². The number of anilines is 1. The summed E-state index contributed by atoms with van der Waals surface area (Å²) >= 11 is 0. The van der Waals surface area contributed by atoms with E-state index in [0.717, 1.165) is 18.4 Å². The first-order valence-corrected chi connectivity index (χ1v) is 8.79. The fourth-order valence-electron chi connectivity index (χ4n) is 2.49. The SMILES string of the molecule is COC(=O)CC1(CS(=O)(=O)CCc2ccccc2N)CC1. The monoisotopic (exact) mass is 311 g/mol. The van der Waals surface area contributed by atoms with Crippen LogP contribution in [0.1, 0.15) is 24.8 Å². The van der Waals surface area contributed by atoms with Crippen LogP contribution in [-0.2, 0) is 25.8 Å². The quantitative estimate of drug-likeness (QED) is 0.610. The molecule has 1 aromatic rings. The zero-order chi connectivity index (χ0) is 15.5. The fraction of sp³-hybridized carbons (Fsp3) is 0.533. The predicted molar refractivity (Wildman–Crippen MR) is 81.5 cm³/mol. The van der Waals surface area contributed by atoms with Crippen LogP contribution < -0.4 is 5.73 Å². The largest absolute Gasteiger partial charge is 0.469 e. The zero-order valence-corrected chi connectivity index (χ0v) is 13.0. The lowest BCUT2D eigenvalue weighted by atomic mass is 10.1. The van der Waals surface area contributed by atoms with Gasteiger partial charge in [0.1, 0.15) is 0 Å². The third kappa shape index (κ3) is 4.46. The van der Waals surface area contributed by atoms with Crippen molar-refractivity contribution >= 4 is 21.5 Å². The summed E-state index contributed by atoms with van der Waals surface area (Å²) in [5.41, 5.74) is 6.88. The van der Waals surface area contributed by atoms with Crippen LogP contribution in [0, 0.1) is 5.41 Å². The van der Waals surface area contributed by atoms with Crippen molar-refractivity contribution in [3.8, 4) is 0 Å². The molecule has 0 bridgehead atoms. The van der Waals surface area contributed by atoms with Crippen molar-refractivity contribution in [3.05, 3.63) is 29.8 Å². The van der Waals surface area contributed by atoms with Crippen molar-refractivity contribution in [3.63, 3.8) is 0 Å². The van der Waals surface area contributed by atoms with Gasteiger partial charge in [0.2, 0.25) is 0 Å². The lowest BCUT2D eigenvalue weighted by Gasteiger charge is -2.14. The van der Waals surface area contributed by atoms with Gasteiger partial charge >= 0.3 is 5.97 Å². The number of hydrogen-bond donors (Lipinski definition) is 1. The third-order valence-electron chi connectivity index (χ3n) is 3.97. The number of rotatable bonds is 7. The highest BCUT2D eigenvalue weighted by Crippen LogP contribution is 2.50.